The second-order valence-electron chi connectivity index (χ2n) is 3.62. The van der Waals surface area contributed by atoms with Crippen LogP contribution in [0, 0.1) is 0 Å². The molecule has 14 heavy (non-hydrogen) atoms. The second-order valence-corrected chi connectivity index (χ2v) is 8.16. The topological polar surface area (TPSA) is 52.6 Å². The lowest BCUT2D eigenvalue weighted by Gasteiger charge is -2.35. The van der Waals surface area contributed by atoms with E-state index in [9.17, 15) is 8.42 Å². The van der Waals surface area contributed by atoms with E-state index in [0.717, 1.165) is 0 Å². The van der Waals surface area contributed by atoms with Gasteiger partial charge >= 0.3 is 0 Å². The van der Waals surface area contributed by atoms with Gasteiger partial charge in [0.1, 0.15) is 0 Å². The molecule has 0 bridgehead atoms. The van der Waals surface area contributed by atoms with Crippen molar-refractivity contribution in [2.24, 2.45) is 0 Å². The third kappa shape index (κ3) is 6.64. The Kier molecular flexibility index (Phi) is 5.43. The Bertz CT molecular complexity index is 257. The van der Waals surface area contributed by atoms with E-state index in [1.54, 1.807) is 19.4 Å². The Morgan fingerprint density at radius 1 is 1.21 bits per heavy atom. The summed E-state index contributed by atoms with van der Waals surface area (Å²) >= 11 is 0. The Morgan fingerprint density at radius 3 is 2.07 bits per heavy atom. The third-order valence-electron chi connectivity index (χ3n) is 1.15. The van der Waals surface area contributed by atoms with Gasteiger partial charge in [0.2, 0.25) is 0 Å². The maximum atomic E-state index is 11.3. The molecule has 0 rings (SSSR count). The van der Waals surface area contributed by atoms with Crippen LogP contribution in [-0.2, 0) is 17.9 Å². The highest BCUT2D eigenvalue weighted by Crippen LogP contribution is 2.45. The molecule has 88 valence electrons. The van der Waals surface area contributed by atoms with Gasteiger partial charge in [0.25, 0.3) is 10.1 Å². The summed E-state index contributed by atoms with van der Waals surface area (Å²) < 4.78 is 33.1. The molecular formula is C8H20O4S2. The summed E-state index contributed by atoms with van der Waals surface area (Å²) in [5.41, 5.74) is 0. The van der Waals surface area contributed by atoms with Crippen molar-refractivity contribution in [3.05, 3.63) is 0 Å². The molecule has 0 saturated carbocycles. The molecule has 0 aliphatic carbocycles. The minimum Gasteiger partial charge on any atom is -0.281 e. The summed E-state index contributed by atoms with van der Waals surface area (Å²) in [6.07, 6.45) is 3.89. The van der Waals surface area contributed by atoms with Crippen LogP contribution < -0.4 is 0 Å². The molecule has 0 fully saturated rings. The number of hydrogen-bond donors (Lipinski definition) is 0. The molecule has 6 heteroatoms. The Hall–Kier alpha value is 0.220. The Balaban J connectivity index is 4.35. The molecule has 0 aromatic heterocycles. The maximum absolute atomic E-state index is 11.3. The quantitative estimate of drug-likeness (QED) is 0.717. The predicted molar refractivity (Wildman–Crippen MR) is 60.8 cm³/mol. The van der Waals surface area contributed by atoms with Crippen molar-refractivity contribution in [2.45, 2.75) is 33.3 Å². The van der Waals surface area contributed by atoms with E-state index in [1.807, 2.05) is 13.8 Å². The monoisotopic (exact) mass is 244 g/mol. The van der Waals surface area contributed by atoms with Crippen LogP contribution in [0.1, 0.15) is 27.2 Å². The fourth-order valence-electron chi connectivity index (χ4n) is 1.01. The van der Waals surface area contributed by atoms with Gasteiger partial charge in [-0.05, 0) is 20.3 Å². The first kappa shape index (κ1) is 14.2. The molecule has 0 aromatic rings. The molecular weight excluding hydrogens is 224 g/mol. The maximum Gasteiger partial charge on any atom is 0.285 e. The van der Waals surface area contributed by atoms with E-state index in [4.69, 9.17) is 7.81 Å². The van der Waals surface area contributed by atoms with Crippen molar-refractivity contribution >= 4 is 20.7 Å². The Morgan fingerprint density at radius 2 is 1.71 bits per heavy atom. The molecule has 0 heterocycles. The first-order valence-corrected chi connectivity index (χ1v) is 8.41. The van der Waals surface area contributed by atoms with Crippen LogP contribution in [0.3, 0.4) is 0 Å². The predicted octanol–water partition coefficient (Wildman–Crippen LogP) is 2.06. The smallest absolute Gasteiger partial charge is 0.281 e. The van der Waals surface area contributed by atoms with Gasteiger partial charge in [-0.2, -0.15) is 22.6 Å². The molecule has 0 radical (unpaired) electrons. The van der Waals surface area contributed by atoms with Crippen LogP contribution in [-0.4, -0.2) is 32.8 Å². The van der Waals surface area contributed by atoms with Gasteiger partial charge < -0.3 is 0 Å². The van der Waals surface area contributed by atoms with Gasteiger partial charge in [-0.25, -0.2) is 0 Å². The summed E-state index contributed by atoms with van der Waals surface area (Å²) in [5.74, 6) is 0.0465. The Labute approximate surface area is 88.8 Å². The van der Waals surface area contributed by atoms with Gasteiger partial charge in [-0.1, -0.05) is 6.92 Å². The van der Waals surface area contributed by atoms with Crippen LogP contribution in [0.4, 0.5) is 0 Å². The van der Waals surface area contributed by atoms with Crippen LogP contribution in [0.25, 0.3) is 0 Å². The molecule has 0 aliphatic heterocycles. The lowest BCUT2D eigenvalue weighted by atomic mass is 10.5. The first-order chi connectivity index (χ1) is 6.18. The largest absolute Gasteiger partial charge is 0.285 e. The number of rotatable bonds is 6. The van der Waals surface area contributed by atoms with Gasteiger partial charge in [-0.3, -0.25) is 4.18 Å². The van der Waals surface area contributed by atoms with Gasteiger partial charge in [-0.15, -0.1) is 0 Å². The molecule has 0 aromatic carbocycles. The molecule has 0 aliphatic rings. The van der Waals surface area contributed by atoms with E-state index >= 15 is 0 Å². The summed E-state index contributed by atoms with van der Waals surface area (Å²) in [4.78, 5) is 0. The number of hydrogen-bond acceptors (Lipinski definition) is 4. The van der Waals surface area contributed by atoms with E-state index in [0.29, 0.717) is 6.42 Å². The van der Waals surface area contributed by atoms with Crippen molar-refractivity contribution < 1.29 is 16.2 Å². The van der Waals surface area contributed by atoms with Crippen molar-refractivity contribution in [1.82, 2.24) is 0 Å². The summed E-state index contributed by atoms with van der Waals surface area (Å²) in [6, 6.07) is 0. The molecule has 0 saturated heterocycles. The van der Waals surface area contributed by atoms with Gasteiger partial charge in [0.15, 0.2) is 0 Å². The van der Waals surface area contributed by atoms with Crippen LogP contribution in [0.5, 0.6) is 0 Å². The highest BCUT2D eigenvalue weighted by atomic mass is 32.3. The zero-order valence-electron chi connectivity index (χ0n) is 9.44. The summed E-state index contributed by atoms with van der Waals surface area (Å²) in [6.45, 7) is 5.50. The van der Waals surface area contributed by atoms with Crippen LogP contribution in [0.2, 0.25) is 0 Å². The fraction of sp³-hybridized carbons (Fsp3) is 1.00. The zero-order chi connectivity index (χ0) is 11.4. The standard InChI is InChI=1S/C8H20O4S2/c1-6-7-14(9,10)12-13(4,5)11-8(2)3/h8H,6-7H2,1-5H3. The molecule has 0 amide bonds. The highest BCUT2D eigenvalue weighted by Gasteiger charge is 2.20. The van der Waals surface area contributed by atoms with Crippen LogP contribution >= 0.6 is 10.6 Å². The van der Waals surface area contributed by atoms with Crippen LogP contribution in [0.15, 0.2) is 0 Å². The van der Waals surface area contributed by atoms with Crippen molar-refractivity contribution in [3.8, 4) is 0 Å². The normalized spacial score (nSPS) is 14.7. The van der Waals surface area contributed by atoms with Gasteiger partial charge in [0.05, 0.1) is 11.9 Å². The van der Waals surface area contributed by atoms with E-state index in [-0.39, 0.29) is 11.9 Å². The summed E-state index contributed by atoms with van der Waals surface area (Å²) in [5, 5.41) is 0. The average molecular weight is 244 g/mol. The van der Waals surface area contributed by atoms with E-state index < -0.39 is 20.7 Å². The minimum absolute atomic E-state index is 0.0307. The third-order valence-corrected chi connectivity index (χ3v) is 5.04. The highest BCUT2D eigenvalue weighted by molar-refractivity contribution is 8.28. The lowest BCUT2D eigenvalue weighted by molar-refractivity contribution is 0.254. The average Bonchev–Trinajstić information content (AvgIpc) is 1.78. The molecule has 4 nitrogen and oxygen atoms in total. The summed E-state index contributed by atoms with van der Waals surface area (Å²) in [7, 11) is -5.37. The van der Waals surface area contributed by atoms with E-state index in [1.165, 1.54) is 0 Å². The second kappa shape index (κ2) is 5.34. The fourth-order valence-corrected chi connectivity index (χ4v) is 4.84. The van der Waals surface area contributed by atoms with E-state index in [2.05, 4.69) is 0 Å². The first-order valence-electron chi connectivity index (χ1n) is 4.54. The van der Waals surface area contributed by atoms with Crippen molar-refractivity contribution in [2.75, 3.05) is 18.3 Å². The lowest BCUT2D eigenvalue weighted by Crippen LogP contribution is -2.17. The molecule has 0 N–H and O–H groups in total. The molecule has 0 atom stereocenters. The molecule has 0 unspecified atom stereocenters. The zero-order valence-corrected chi connectivity index (χ0v) is 11.1. The molecule has 0 spiro atoms. The van der Waals surface area contributed by atoms with Gasteiger partial charge in [0, 0.05) is 12.5 Å². The SMILES string of the molecule is CCCS(=O)(=O)OS(C)(C)OC(C)C. The van der Waals surface area contributed by atoms with Crippen molar-refractivity contribution in [1.29, 1.82) is 0 Å². The minimum atomic E-state index is -3.42. The van der Waals surface area contributed by atoms with Crippen molar-refractivity contribution in [3.63, 3.8) is 0 Å².